The standard InChI is InChI=1S/C14H18F3N3O2/c15-14(16,17)13-19-18-11(22-13)9-5-7-20(8-6-9)12(21)10-3-1-2-4-10/h9-10H,1-8H2. The lowest BCUT2D eigenvalue weighted by atomic mass is 9.95. The van der Waals surface area contributed by atoms with Crippen LogP contribution in [0.25, 0.3) is 0 Å². The van der Waals surface area contributed by atoms with Gasteiger partial charge in [0.15, 0.2) is 0 Å². The van der Waals surface area contributed by atoms with Crippen molar-refractivity contribution >= 4 is 5.91 Å². The summed E-state index contributed by atoms with van der Waals surface area (Å²) in [5.74, 6) is -1.14. The van der Waals surface area contributed by atoms with Crippen LogP contribution in [0, 0.1) is 5.92 Å². The van der Waals surface area contributed by atoms with Crippen LogP contribution < -0.4 is 0 Å². The van der Waals surface area contributed by atoms with Gasteiger partial charge in [-0.3, -0.25) is 4.79 Å². The fourth-order valence-corrected chi connectivity index (χ4v) is 3.29. The highest BCUT2D eigenvalue weighted by atomic mass is 19.4. The van der Waals surface area contributed by atoms with Gasteiger partial charge >= 0.3 is 12.1 Å². The molecule has 1 amide bonds. The Morgan fingerprint density at radius 1 is 1.09 bits per heavy atom. The quantitative estimate of drug-likeness (QED) is 0.841. The molecule has 0 unspecified atom stereocenters. The third kappa shape index (κ3) is 3.10. The van der Waals surface area contributed by atoms with Gasteiger partial charge in [0.2, 0.25) is 11.8 Å². The van der Waals surface area contributed by atoms with Crippen LogP contribution in [0.1, 0.15) is 56.2 Å². The maximum Gasteiger partial charge on any atom is 0.470 e. The number of rotatable bonds is 2. The minimum Gasteiger partial charge on any atom is -0.417 e. The smallest absolute Gasteiger partial charge is 0.417 e. The van der Waals surface area contributed by atoms with Gasteiger partial charge in [0.25, 0.3) is 0 Å². The molecule has 1 aromatic heterocycles. The molecule has 2 aliphatic rings. The molecule has 0 atom stereocenters. The molecule has 8 heteroatoms. The second-order valence-corrected chi connectivity index (χ2v) is 6.02. The summed E-state index contributed by atoms with van der Waals surface area (Å²) in [6, 6.07) is 0. The van der Waals surface area contributed by atoms with Crippen LogP contribution in [0.4, 0.5) is 13.2 Å². The number of aromatic nitrogens is 2. The van der Waals surface area contributed by atoms with Crippen molar-refractivity contribution in [2.75, 3.05) is 13.1 Å². The van der Waals surface area contributed by atoms with Gasteiger partial charge in [-0.1, -0.05) is 12.8 Å². The molecule has 1 aromatic rings. The highest BCUT2D eigenvalue weighted by Crippen LogP contribution is 2.34. The second-order valence-electron chi connectivity index (χ2n) is 6.02. The number of amides is 1. The molecule has 5 nitrogen and oxygen atoms in total. The van der Waals surface area contributed by atoms with Crippen LogP contribution >= 0.6 is 0 Å². The van der Waals surface area contributed by atoms with Gasteiger partial charge in [0.1, 0.15) is 0 Å². The van der Waals surface area contributed by atoms with Crippen molar-refractivity contribution in [1.82, 2.24) is 15.1 Å². The number of hydrogen-bond donors (Lipinski definition) is 0. The average Bonchev–Trinajstić information content (AvgIpc) is 3.17. The van der Waals surface area contributed by atoms with Crippen molar-refractivity contribution in [3.05, 3.63) is 11.8 Å². The molecule has 1 saturated carbocycles. The lowest BCUT2D eigenvalue weighted by molar-refractivity contribution is -0.157. The SMILES string of the molecule is O=C(C1CCCC1)N1CCC(c2nnc(C(F)(F)F)o2)CC1. The van der Waals surface area contributed by atoms with Crippen LogP contribution in [-0.4, -0.2) is 34.1 Å². The van der Waals surface area contributed by atoms with Crippen molar-refractivity contribution in [3.8, 4) is 0 Å². The fourth-order valence-electron chi connectivity index (χ4n) is 3.29. The van der Waals surface area contributed by atoms with Crippen LogP contribution in [0.3, 0.4) is 0 Å². The third-order valence-electron chi connectivity index (χ3n) is 4.54. The Morgan fingerprint density at radius 2 is 1.73 bits per heavy atom. The van der Waals surface area contributed by atoms with E-state index in [1.54, 1.807) is 0 Å². The molecule has 0 bridgehead atoms. The Hall–Kier alpha value is -1.60. The highest BCUT2D eigenvalue weighted by Gasteiger charge is 2.39. The number of piperidine rings is 1. The number of hydrogen-bond acceptors (Lipinski definition) is 4. The predicted molar refractivity (Wildman–Crippen MR) is 69.8 cm³/mol. The van der Waals surface area contributed by atoms with Gasteiger partial charge in [0.05, 0.1) is 0 Å². The van der Waals surface area contributed by atoms with Gasteiger partial charge in [0, 0.05) is 24.9 Å². The maximum atomic E-state index is 12.5. The monoisotopic (exact) mass is 317 g/mol. The molecule has 0 spiro atoms. The Labute approximate surface area is 125 Å². The number of carbonyl (C=O) groups is 1. The van der Waals surface area contributed by atoms with E-state index >= 15 is 0 Å². The van der Waals surface area contributed by atoms with Crippen LogP contribution in [0.2, 0.25) is 0 Å². The predicted octanol–water partition coefficient (Wildman–Crippen LogP) is 2.98. The first-order chi connectivity index (χ1) is 10.4. The minimum absolute atomic E-state index is 0.0280. The molecular formula is C14H18F3N3O2. The summed E-state index contributed by atoms with van der Waals surface area (Å²) in [6.45, 7) is 1.09. The zero-order chi connectivity index (χ0) is 15.7. The van der Waals surface area contributed by atoms with Crippen molar-refractivity contribution in [2.24, 2.45) is 5.92 Å². The Kier molecular flexibility index (Phi) is 4.10. The van der Waals surface area contributed by atoms with Crippen LogP contribution in [0.5, 0.6) is 0 Å². The molecule has 0 N–H and O–H groups in total. The van der Waals surface area contributed by atoms with Gasteiger partial charge in [-0.25, -0.2) is 0 Å². The zero-order valence-corrected chi connectivity index (χ0v) is 12.1. The summed E-state index contributed by atoms with van der Waals surface area (Å²) >= 11 is 0. The summed E-state index contributed by atoms with van der Waals surface area (Å²) in [6.07, 6.45) is 0.652. The summed E-state index contributed by atoms with van der Waals surface area (Å²) in [4.78, 5) is 14.1. The Bertz CT molecular complexity index is 530. The van der Waals surface area contributed by atoms with Gasteiger partial charge in [-0.2, -0.15) is 13.2 Å². The number of nitrogens with zero attached hydrogens (tertiary/aromatic N) is 3. The topological polar surface area (TPSA) is 59.2 Å². The van der Waals surface area contributed by atoms with Crippen LogP contribution in [0.15, 0.2) is 4.42 Å². The van der Waals surface area contributed by atoms with E-state index < -0.39 is 12.1 Å². The van der Waals surface area contributed by atoms with Crippen molar-refractivity contribution in [1.29, 1.82) is 0 Å². The first-order valence-corrected chi connectivity index (χ1v) is 7.64. The molecule has 3 rings (SSSR count). The lowest BCUT2D eigenvalue weighted by Crippen LogP contribution is -2.40. The molecule has 122 valence electrons. The minimum atomic E-state index is -4.61. The van der Waals surface area contributed by atoms with Crippen molar-refractivity contribution in [2.45, 2.75) is 50.6 Å². The molecule has 0 radical (unpaired) electrons. The summed E-state index contributed by atoms with van der Waals surface area (Å²) in [5, 5.41) is 6.57. The summed E-state index contributed by atoms with van der Waals surface area (Å²) in [5.41, 5.74) is 0. The summed E-state index contributed by atoms with van der Waals surface area (Å²) < 4.78 is 42.1. The van der Waals surface area contributed by atoms with E-state index in [9.17, 15) is 18.0 Å². The van der Waals surface area contributed by atoms with Crippen molar-refractivity contribution in [3.63, 3.8) is 0 Å². The summed E-state index contributed by atoms with van der Waals surface area (Å²) in [7, 11) is 0. The average molecular weight is 317 g/mol. The number of likely N-dealkylation sites (tertiary alicyclic amines) is 1. The van der Waals surface area contributed by atoms with E-state index in [-0.39, 0.29) is 23.6 Å². The van der Waals surface area contributed by atoms with E-state index in [1.165, 1.54) is 0 Å². The lowest BCUT2D eigenvalue weighted by Gasteiger charge is -2.32. The second kappa shape index (κ2) is 5.89. The molecule has 2 heterocycles. The van der Waals surface area contributed by atoms with Gasteiger partial charge in [-0.05, 0) is 25.7 Å². The molecule has 1 aliphatic carbocycles. The largest absolute Gasteiger partial charge is 0.470 e. The van der Waals surface area contributed by atoms with E-state index in [0.29, 0.717) is 25.9 Å². The molecule has 0 aromatic carbocycles. The Balaban J connectivity index is 1.57. The van der Waals surface area contributed by atoms with E-state index in [2.05, 4.69) is 10.2 Å². The van der Waals surface area contributed by atoms with Gasteiger partial charge < -0.3 is 9.32 Å². The zero-order valence-electron chi connectivity index (χ0n) is 12.1. The number of carbonyl (C=O) groups excluding carboxylic acids is 1. The fraction of sp³-hybridized carbons (Fsp3) is 0.786. The van der Waals surface area contributed by atoms with Crippen LogP contribution in [-0.2, 0) is 11.0 Å². The highest BCUT2D eigenvalue weighted by molar-refractivity contribution is 5.79. The molecular weight excluding hydrogens is 299 g/mol. The molecule has 22 heavy (non-hydrogen) atoms. The van der Waals surface area contributed by atoms with E-state index in [1.807, 2.05) is 4.90 Å². The Morgan fingerprint density at radius 3 is 2.27 bits per heavy atom. The first-order valence-electron chi connectivity index (χ1n) is 7.64. The third-order valence-corrected chi connectivity index (χ3v) is 4.54. The molecule has 1 saturated heterocycles. The number of alkyl halides is 3. The van der Waals surface area contributed by atoms with E-state index in [0.717, 1.165) is 25.7 Å². The van der Waals surface area contributed by atoms with Gasteiger partial charge in [-0.15, -0.1) is 10.2 Å². The normalized spacial score (nSPS) is 21.5. The molecule has 2 fully saturated rings. The van der Waals surface area contributed by atoms with E-state index in [4.69, 9.17) is 4.42 Å². The first kappa shape index (κ1) is 15.3. The number of halogens is 3. The molecule has 1 aliphatic heterocycles. The maximum absolute atomic E-state index is 12.5. The van der Waals surface area contributed by atoms with Crippen molar-refractivity contribution < 1.29 is 22.4 Å².